The second-order valence-corrected chi connectivity index (χ2v) is 4.26. The van der Waals surface area contributed by atoms with E-state index in [1.807, 2.05) is 19.2 Å². The highest BCUT2D eigenvalue weighted by Crippen LogP contribution is 2.17. The van der Waals surface area contributed by atoms with Gasteiger partial charge in [0.25, 0.3) is 0 Å². The largest absolute Gasteiger partial charge is 0.456 e. The maximum absolute atomic E-state index is 11.0. The fourth-order valence-corrected chi connectivity index (χ4v) is 1.67. The van der Waals surface area contributed by atoms with E-state index in [0.29, 0.717) is 6.42 Å². The predicted molar refractivity (Wildman–Crippen MR) is 56.2 cm³/mol. The number of rotatable bonds is 4. The van der Waals surface area contributed by atoms with Crippen molar-refractivity contribution < 1.29 is 9.53 Å². The van der Waals surface area contributed by atoms with E-state index in [0.717, 1.165) is 5.69 Å². The topological polar surface area (TPSA) is 39.2 Å². The lowest BCUT2D eigenvalue weighted by Crippen LogP contribution is -2.29. The van der Waals surface area contributed by atoms with Gasteiger partial charge in [-0.25, -0.2) is 9.78 Å². The Morgan fingerprint density at radius 3 is 3.00 bits per heavy atom. The van der Waals surface area contributed by atoms with Gasteiger partial charge in [0.1, 0.15) is 5.60 Å². The molecule has 0 saturated carbocycles. The van der Waals surface area contributed by atoms with E-state index >= 15 is 0 Å². The summed E-state index contributed by atoms with van der Waals surface area (Å²) in [5.41, 5.74) is 2.18. The molecule has 0 aliphatic carbocycles. The summed E-state index contributed by atoms with van der Waals surface area (Å²) in [6.07, 6.45) is 1.79. The molecule has 1 aromatic rings. The van der Waals surface area contributed by atoms with Gasteiger partial charge < -0.3 is 4.74 Å². The number of hydrogen-bond donors (Lipinski definition) is 0. The number of thiazole rings is 1. The Morgan fingerprint density at radius 2 is 2.50 bits per heavy atom. The first-order valence-corrected chi connectivity index (χ1v) is 5.20. The Labute approximate surface area is 87.4 Å². The van der Waals surface area contributed by atoms with Gasteiger partial charge in [-0.05, 0) is 13.8 Å². The van der Waals surface area contributed by atoms with E-state index in [9.17, 15) is 4.79 Å². The number of aromatic nitrogens is 1. The van der Waals surface area contributed by atoms with Crippen LogP contribution < -0.4 is 0 Å². The molecule has 0 N–H and O–H groups in total. The highest BCUT2D eigenvalue weighted by atomic mass is 32.1. The molecule has 0 aliphatic heterocycles. The predicted octanol–water partition coefficient (Wildman–Crippen LogP) is 2.19. The van der Waals surface area contributed by atoms with Gasteiger partial charge in [-0.1, -0.05) is 6.58 Å². The zero-order chi connectivity index (χ0) is 10.6. The van der Waals surface area contributed by atoms with Crippen LogP contribution in [0.4, 0.5) is 0 Å². The van der Waals surface area contributed by atoms with Crippen molar-refractivity contribution in [3.8, 4) is 0 Å². The van der Waals surface area contributed by atoms with Crippen LogP contribution in [-0.2, 0) is 16.0 Å². The van der Waals surface area contributed by atoms with E-state index in [2.05, 4.69) is 11.6 Å². The second-order valence-electron chi connectivity index (χ2n) is 3.54. The van der Waals surface area contributed by atoms with Crippen LogP contribution in [0.2, 0.25) is 0 Å². The Kier molecular flexibility index (Phi) is 3.41. The summed E-state index contributed by atoms with van der Waals surface area (Å²) in [6, 6.07) is 0. The molecule has 0 radical (unpaired) electrons. The first-order chi connectivity index (χ1) is 6.53. The van der Waals surface area contributed by atoms with Gasteiger partial charge in [0.2, 0.25) is 0 Å². The molecule has 0 unspecified atom stereocenters. The molecule has 0 aliphatic rings. The number of nitrogens with zero attached hydrogens (tertiary/aromatic N) is 1. The third kappa shape index (κ3) is 3.30. The summed E-state index contributed by atoms with van der Waals surface area (Å²) in [5.74, 6) is -0.398. The molecule has 0 spiro atoms. The van der Waals surface area contributed by atoms with Gasteiger partial charge in [-0.3, -0.25) is 0 Å². The molecule has 0 amide bonds. The van der Waals surface area contributed by atoms with Crippen molar-refractivity contribution >= 4 is 17.3 Å². The van der Waals surface area contributed by atoms with Crippen LogP contribution >= 0.6 is 11.3 Å². The van der Waals surface area contributed by atoms with Crippen molar-refractivity contribution in [2.24, 2.45) is 0 Å². The summed E-state index contributed by atoms with van der Waals surface area (Å²) < 4.78 is 5.17. The summed E-state index contributed by atoms with van der Waals surface area (Å²) in [4.78, 5) is 15.1. The highest BCUT2D eigenvalue weighted by Gasteiger charge is 2.22. The maximum atomic E-state index is 11.0. The van der Waals surface area contributed by atoms with Crippen molar-refractivity contribution in [3.63, 3.8) is 0 Å². The number of carbonyl (C=O) groups is 1. The van der Waals surface area contributed by atoms with Crippen molar-refractivity contribution in [1.82, 2.24) is 4.98 Å². The third-order valence-corrected chi connectivity index (χ3v) is 2.27. The van der Waals surface area contributed by atoms with E-state index in [-0.39, 0.29) is 0 Å². The summed E-state index contributed by atoms with van der Waals surface area (Å²) in [7, 11) is 0. The van der Waals surface area contributed by atoms with Crippen LogP contribution in [-0.4, -0.2) is 16.6 Å². The molecule has 1 heterocycles. The van der Waals surface area contributed by atoms with Gasteiger partial charge in [0, 0.05) is 17.9 Å². The first kappa shape index (κ1) is 10.9. The second kappa shape index (κ2) is 4.37. The molecule has 4 heteroatoms. The molecule has 0 bridgehead atoms. The van der Waals surface area contributed by atoms with E-state index < -0.39 is 11.6 Å². The quantitative estimate of drug-likeness (QED) is 0.566. The Balaban J connectivity index is 2.57. The molecular weight excluding hydrogens is 198 g/mol. The number of esters is 1. The normalized spacial score (nSPS) is 11.0. The highest BCUT2D eigenvalue weighted by molar-refractivity contribution is 7.07. The maximum Gasteiger partial charge on any atom is 0.330 e. The zero-order valence-corrected chi connectivity index (χ0v) is 9.13. The number of carbonyl (C=O) groups excluding carboxylic acids is 1. The van der Waals surface area contributed by atoms with Crippen molar-refractivity contribution in [3.05, 3.63) is 29.2 Å². The molecule has 0 saturated heterocycles. The monoisotopic (exact) mass is 211 g/mol. The minimum Gasteiger partial charge on any atom is -0.456 e. The Bertz CT molecular complexity index is 317. The van der Waals surface area contributed by atoms with Gasteiger partial charge in [-0.2, -0.15) is 0 Å². The minimum absolute atomic E-state index is 0.398. The molecule has 0 fully saturated rings. The van der Waals surface area contributed by atoms with Gasteiger partial charge in [-0.15, -0.1) is 11.3 Å². The molecule has 0 aromatic carbocycles. The molecule has 0 atom stereocenters. The molecular formula is C10H13NO2S. The van der Waals surface area contributed by atoms with Gasteiger partial charge in [0.15, 0.2) is 0 Å². The standard InChI is InChI=1S/C10H13NO2S/c1-4-9(12)13-10(2,3)5-8-6-14-7-11-8/h4,6-7H,1,5H2,2-3H3. The fraction of sp³-hybridized carbons (Fsp3) is 0.400. The molecule has 1 aromatic heterocycles. The van der Waals surface area contributed by atoms with Crippen LogP contribution in [0, 0.1) is 0 Å². The summed E-state index contributed by atoms with van der Waals surface area (Å²) in [5, 5.41) is 1.95. The van der Waals surface area contributed by atoms with Crippen molar-refractivity contribution in [2.45, 2.75) is 25.9 Å². The lowest BCUT2D eigenvalue weighted by atomic mass is 10.0. The van der Waals surface area contributed by atoms with Gasteiger partial charge in [0.05, 0.1) is 11.2 Å². The lowest BCUT2D eigenvalue weighted by Gasteiger charge is -2.23. The first-order valence-electron chi connectivity index (χ1n) is 4.26. The average Bonchev–Trinajstić information content (AvgIpc) is 2.54. The Hall–Kier alpha value is -1.16. The molecule has 1 rings (SSSR count). The van der Waals surface area contributed by atoms with E-state index in [1.54, 1.807) is 5.51 Å². The molecule has 14 heavy (non-hydrogen) atoms. The smallest absolute Gasteiger partial charge is 0.330 e. The van der Waals surface area contributed by atoms with E-state index in [4.69, 9.17) is 4.74 Å². The van der Waals surface area contributed by atoms with Crippen LogP contribution in [0.15, 0.2) is 23.5 Å². The van der Waals surface area contributed by atoms with Crippen LogP contribution in [0.3, 0.4) is 0 Å². The van der Waals surface area contributed by atoms with Crippen LogP contribution in [0.25, 0.3) is 0 Å². The number of hydrogen-bond acceptors (Lipinski definition) is 4. The van der Waals surface area contributed by atoms with Crippen molar-refractivity contribution in [2.75, 3.05) is 0 Å². The SMILES string of the molecule is C=CC(=O)OC(C)(C)Cc1cscn1. The van der Waals surface area contributed by atoms with Gasteiger partial charge >= 0.3 is 5.97 Å². The molecule has 76 valence electrons. The van der Waals surface area contributed by atoms with Crippen LogP contribution in [0.5, 0.6) is 0 Å². The summed E-state index contributed by atoms with van der Waals surface area (Å²) >= 11 is 1.53. The lowest BCUT2D eigenvalue weighted by molar-refractivity contribution is -0.150. The molecule has 3 nitrogen and oxygen atoms in total. The zero-order valence-electron chi connectivity index (χ0n) is 8.32. The van der Waals surface area contributed by atoms with E-state index in [1.165, 1.54) is 17.4 Å². The summed E-state index contributed by atoms with van der Waals surface area (Å²) in [6.45, 7) is 7.06. The number of ether oxygens (including phenoxy) is 1. The van der Waals surface area contributed by atoms with Crippen molar-refractivity contribution in [1.29, 1.82) is 0 Å². The average molecular weight is 211 g/mol. The minimum atomic E-state index is -0.528. The third-order valence-electron chi connectivity index (χ3n) is 1.63. The fourth-order valence-electron chi connectivity index (χ4n) is 1.11. The Morgan fingerprint density at radius 1 is 1.79 bits per heavy atom. The van der Waals surface area contributed by atoms with Crippen LogP contribution in [0.1, 0.15) is 19.5 Å².